The third kappa shape index (κ3) is 8.87. The van der Waals surface area contributed by atoms with Gasteiger partial charge in [-0.05, 0) is 35.1 Å². The van der Waals surface area contributed by atoms with Crippen molar-refractivity contribution in [3.63, 3.8) is 0 Å². The lowest BCUT2D eigenvalue weighted by atomic mass is 9.98. The molecule has 3 amide bonds. The quantitative estimate of drug-likeness (QED) is 0.232. The summed E-state index contributed by atoms with van der Waals surface area (Å²) in [6, 6.07) is 16.1. The van der Waals surface area contributed by atoms with Crippen molar-refractivity contribution in [1.29, 1.82) is 0 Å². The minimum atomic E-state index is -1.13. The fourth-order valence-electron chi connectivity index (χ4n) is 4.51. The monoisotopic (exact) mass is 537 g/mol. The second-order valence-corrected chi connectivity index (χ2v) is 9.09. The Kier molecular flexibility index (Phi) is 11.4. The average Bonchev–Trinajstić information content (AvgIpc) is 3.25. The van der Waals surface area contributed by atoms with Crippen LogP contribution in [0.15, 0.2) is 61.2 Å². The molecule has 0 saturated heterocycles. The van der Waals surface area contributed by atoms with Gasteiger partial charge in [0.2, 0.25) is 5.91 Å². The number of hydrogen-bond donors (Lipinski definition) is 3. The van der Waals surface area contributed by atoms with Gasteiger partial charge in [-0.15, -0.1) is 0 Å². The fourth-order valence-corrected chi connectivity index (χ4v) is 4.51. The molecular weight excluding hydrogens is 502 g/mol. The van der Waals surface area contributed by atoms with Gasteiger partial charge in [0, 0.05) is 32.0 Å². The summed E-state index contributed by atoms with van der Waals surface area (Å²) in [4.78, 5) is 48.8. The zero-order chi connectivity index (χ0) is 28.0. The number of amides is 3. The summed E-state index contributed by atoms with van der Waals surface area (Å²) >= 11 is 0. The van der Waals surface area contributed by atoms with Crippen LogP contribution in [0.4, 0.5) is 9.59 Å². The molecule has 0 saturated carbocycles. The van der Waals surface area contributed by atoms with Gasteiger partial charge in [-0.2, -0.15) is 0 Å². The molecule has 0 fully saturated rings. The van der Waals surface area contributed by atoms with Crippen LogP contribution >= 0.6 is 0 Å². The Morgan fingerprint density at radius 3 is 2.13 bits per heavy atom. The number of nitrogens with one attached hydrogen (secondary N) is 2. The van der Waals surface area contributed by atoms with Gasteiger partial charge in [0.15, 0.2) is 0 Å². The van der Waals surface area contributed by atoms with Crippen molar-refractivity contribution < 1.29 is 33.8 Å². The van der Waals surface area contributed by atoms with E-state index in [1.165, 1.54) is 11.0 Å². The molecule has 3 N–H and O–H groups in total. The van der Waals surface area contributed by atoms with Crippen molar-refractivity contribution in [2.75, 3.05) is 39.4 Å². The molecule has 1 aliphatic rings. The Bertz CT molecular complexity index is 1120. The lowest BCUT2D eigenvalue weighted by molar-refractivity contribution is -0.144. The van der Waals surface area contributed by atoms with Crippen LogP contribution < -0.4 is 10.6 Å². The number of carboxylic acid groups (broad SMARTS) is 1. The lowest BCUT2D eigenvalue weighted by Gasteiger charge is -2.21. The Morgan fingerprint density at radius 2 is 1.49 bits per heavy atom. The van der Waals surface area contributed by atoms with Crippen LogP contribution in [0.25, 0.3) is 11.1 Å². The van der Waals surface area contributed by atoms with E-state index in [2.05, 4.69) is 29.3 Å². The van der Waals surface area contributed by atoms with Crippen molar-refractivity contribution in [2.45, 2.75) is 31.6 Å². The van der Waals surface area contributed by atoms with E-state index in [0.29, 0.717) is 25.8 Å². The normalized spacial score (nSPS) is 11.6. The SMILES string of the molecule is C=CCOC(=O)NCCCCCC(=O)N(CCNC(=O)OCC1c2ccccc2-c2ccccc21)CC(=O)O. The van der Waals surface area contributed by atoms with E-state index in [9.17, 15) is 24.3 Å². The van der Waals surface area contributed by atoms with E-state index < -0.39 is 24.7 Å². The first-order chi connectivity index (χ1) is 18.9. The Morgan fingerprint density at radius 1 is 0.872 bits per heavy atom. The van der Waals surface area contributed by atoms with Crippen LogP contribution in [0.1, 0.15) is 42.7 Å². The molecule has 2 aromatic rings. The molecule has 0 aromatic heterocycles. The van der Waals surface area contributed by atoms with E-state index in [0.717, 1.165) is 22.3 Å². The summed E-state index contributed by atoms with van der Waals surface area (Å²) in [5, 5.41) is 14.4. The van der Waals surface area contributed by atoms with Gasteiger partial charge in [0.05, 0.1) is 0 Å². The molecule has 10 heteroatoms. The molecule has 208 valence electrons. The van der Waals surface area contributed by atoms with Crippen molar-refractivity contribution in [3.8, 4) is 11.1 Å². The molecule has 0 bridgehead atoms. The third-order valence-corrected chi connectivity index (χ3v) is 6.34. The van der Waals surface area contributed by atoms with E-state index in [4.69, 9.17) is 9.47 Å². The van der Waals surface area contributed by atoms with Crippen molar-refractivity contribution in [2.24, 2.45) is 0 Å². The first kappa shape index (κ1) is 29.2. The van der Waals surface area contributed by atoms with Gasteiger partial charge in [-0.3, -0.25) is 9.59 Å². The fraction of sp³-hybridized carbons (Fsp3) is 0.379. The number of rotatable bonds is 15. The Balaban J connectivity index is 1.38. The minimum Gasteiger partial charge on any atom is -0.480 e. The summed E-state index contributed by atoms with van der Waals surface area (Å²) in [5.41, 5.74) is 4.47. The zero-order valence-corrected chi connectivity index (χ0v) is 21.9. The highest BCUT2D eigenvalue weighted by Crippen LogP contribution is 2.44. The van der Waals surface area contributed by atoms with Crippen LogP contribution in [0.5, 0.6) is 0 Å². The number of benzene rings is 2. The summed E-state index contributed by atoms with van der Waals surface area (Å²) in [6.07, 6.45) is 2.35. The molecule has 0 spiro atoms. The lowest BCUT2D eigenvalue weighted by Crippen LogP contribution is -2.41. The molecule has 1 aliphatic carbocycles. The number of carboxylic acids is 1. The minimum absolute atomic E-state index is 0.0476. The molecule has 2 aromatic carbocycles. The highest BCUT2D eigenvalue weighted by atomic mass is 16.6. The molecule has 0 aliphatic heterocycles. The largest absolute Gasteiger partial charge is 0.480 e. The highest BCUT2D eigenvalue weighted by Gasteiger charge is 2.29. The number of alkyl carbamates (subject to hydrolysis) is 2. The summed E-state index contributed by atoms with van der Waals surface area (Å²) in [6.45, 7) is 3.82. The maximum absolute atomic E-state index is 12.6. The van der Waals surface area contributed by atoms with Crippen LogP contribution in [0.2, 0.25) is 0 Å². The molecule has 0 atom stereocenters. The van der Waals surface area contributed by atoms with Crippen LogP contribution in [-0.4, -0.2) is 73.5 Å². The van der Waals surface area contributed by atoms with Crippen molar-refractivity contribution >= 4 is 24.1 Å². The maximum Gasteiger partial charge on any atom is 0.407 e. The van der Waals surface area contributed by atoms with Crippen LogP contribution in [0, 0.1) is 0 Å². The molecule has 39 heavy (non-hydrogen) atoms. The second kappa shape index (κ2) is 15.2. The van der Waals surface area contributed by atoms with Gasteiger partial charge in [0.1, 0.15) is 19.8 Å². The molecule has 0 heterocycles. The van der Waals surface area contributed by atoms with Gasteiger partial charge in [0.25, 0.3) is 0 Å². The van der Waals surface area contributed by atoms with E-state index in [-0.39, 0.29) is 44.5 Å². The third-order valence-electron chi connectivity index (χ3n) is 6.34. The van der Waals surface area contributed by atoms with E-state index >= 15 is 0 Å². The Hall–Kier alpha value is -4.34. The highest BCUT2D eigenvalue weighted by molar-refractivity contribution is 5.81. The molecular formula is C29H35N3O7. The van der Waals surface area contributed by atoms with Gasteiger partial charge < -0.3 is 30.1 Å². The first-order valence-corrected chi connectivity index (χ1v) is 13.0. The number of unbranched alkanes of at least 4 members (excludes halogenated alkanes) is 2. The maximum atomic E-state index is 12.6. The first-order valence-electron chi connectivity index (χ1n) is 13.0. The van der Waals surface area contributed by atoms with E-state index in [1.54, 1.807) is 0 Å². The number of nitrogens with zero attached hydrogens (tertiary/aromatic N) is 1. The van der Waals surface area contributed by atoms with Gasteiger partial charge in [-0.25, -0.2) is 9.59 Å². The molecule has 3 rings (SSSR count). The zero-order valence-electron chi connectivity index (χ0n) is 21.9. The van der Waals surface area contributed by atoms with Crippen LogP contribution in [-0.2, 0) is 19.1 Å². The second-order valence-electron chi connectivity index (χ2n) is 9.09. The molecule has 10 nitrogen and oxygen atoms in total. The smallest absolute Gasteiger partial charge is 0.407 e. The van der Waals surface area contributed by atoms with Crippen LogP contribution in [0.3, 0.4) is 0 Å². The number of aliphatic carboxylic acids is 1. The van der Waals surface area contributed by atoms with Crippen molar-refractivity contribution in [3.05, 3.63) is 72.3 Å². The number of carbonyl (C=O) groups excluding carboxylic acids is 3. The van der Waals surface area contributed by atoms with Crippen molar-refractivity contribution in [1.82, 2.24) is 15.5 Å². The summed E-state index contributed by atoms with van der Waals surface area (Å²) in [7, 11) is 0. The molecule has 0 unspecified atom stereocenters. The standard InChI is InChI=1S/C29H35N3O7/c1-2-18-38-28(36)30-15-9-3-4-14-26(33)32(19-27(34)35)17-16-31-29(37)39-20-25-23-12-7-5-10-21(23)22-11-6-8-13-24(22)25/h2,5-8,10-13,25H,1,3-4,9,14-20H2,(H,30,36)(H,31,37)(H,34,35). The van der Waals surface area contributed by atoms with Gasteiger partial charge in [-0.1, -0.05) is 67.6 Å². The molecule has 0 radical (unpaired) electrons. The summed E-state index contributed by atoms with van der Waals surface area (Å²) < 4.78 is 10.3. The summed E-state index contributed by atoms with van der Waals surface area (Å²) in [5.74, 6) is -1.52. The Labute approximate surface area is 228 Å². The number of ether oxygens (including phenoxy) is 2. The van der Waals surface area contributed by atoms with Gasteiger partial charge >= 0.3 is 18.2 Å². The topological polar surface area (TPSA) is 134 Å². The number of hydrogen-bond acceptors (Lipinski definition) is 6. The predicted octanol–water partition coefficient (Wildman–Crippen LogP) is 3.91. The number of carbonyl (C=O) groups is 4. The number of fused-ring (bicyclic) bond motifs is 3. The average molecular weight is 538 g/mol. The predicted molar refractivity (Wildman–Crippen MR) is 145 cm³/mol. The van der Waals surface area contributed by atoms with E-state index in [1.807, 2.05) is 36.4 Å².